The monoisotopic (exact) mass is 438 g/mol. The number of aliphatic hydroxyl groups excluding tert-OH is 1. The molecule has 31 heavy (non-hydrogen) atoms. The molecule has 0 aromatic rings. The summed E-state index contributed by atoms with van der Waals surface area (Å²) in [4.78, 5) is 15.2. The molecule has 1 rings (SSSR count). The zero-order valence-electron chi connectivity index (χ0n) is 22.2. The van der Waals surface area contributed by atoms with Gasteiger partial charge in [0.2, 0.25) is 5.91 Å². The van der Waals surface area contributed by atoms with Gasteiger partial charge in [-0.2, -0.15) is 0 Å². The van der Waals surface area contributed by atoms with Crippen molar-refractivity contribution in [3.63, 3.8) is 0 Å². The third kappa shape index (κ3) is 30.7. The van der Waals surface area contributed by atoms with Crippen molar-refractivity contribution >= 4 is 12.1 Å². The Hall–Kier alpha value is -1.60. The first-order valence-electron chi connectivity index (χ1n) is 12.0. The number of carbonyl (C=O) groups excluding carboxylic acids is 1. The Balaban J connectivity index is -0.000000182. The first-order valence-corrected chi connectivity index (χ1v) is 12.0. The van der Waals surface area contributed by atoms with Crippen LogP contribution in [0.25, 0.3) is 0 Å². The van der Waals surface area contributed by atoms with Crippen LogP contribution in [-0.2, 0) is 4.79 Å². The van der Waals surface area contributed by atoms with Gasteiger partial charge < -0.3 is 10.4 Å². The minimum absolute atomic E-state index is 0.193. The molecule has 0 aromatic carbocycles. The van der Waals surface area contributed by atoms with E-state index >= 15 is 0 Å². The highest BCUT2D eigenvalue weighted by atomic mass is 16.2. The molecule has 2 N–H and O–H groups in total. The molecule has 0 saturated heterocycles. The van der Waals surface area contributed by atoms with Crippen molar-refractivity contribution in [2.24, 2.45) is 16.8 Å². The molecule has 4 heteroatoms. The van der Waals surface area contributed by atoms with Crippen molar-refractivity contribution in [2.75, 3.05) is 14.2 Å². The largest absolute Gasteiger partial charge is 0.400 e. The van der Waals surface area contributed by atoms with E-state index in [9.17, 15) is 4.79 Å². The number of terminal acetylenes is 1. The summed E-state index contributed by atoms with van der Waals surface area (Å²) in [6, 6.07) is 0.324. The molecule has 0 aromatic heterocycles. The zero-order chi connectivity index (χ0) is 25.1. The standard InChI is InChI=1S/C11H19N.C10H21NO.C3H8.C2H2.CH4O/c1-10(8-9-12-2)11-6-4-3-5-7-11;1-5-9(4)11-10(12)7-6-8(2)3;1-3-2;2*1-2/h8-9,11H,3-7H2,1-2H3;8-9H,5-7H2,1-4H3,(H,11,12);3H2,1-2H3;1-2H;2H,1H3/b10-8+,12-9?;;;;. The molecule has 1 amide bonds. The second kappa shape index (κ2) is 30.6. The number of hydrogen-bond acceptors (Lipinski definition) is 3. The average Bonchev–Trinajstić information content (AvgIpc) is 2.80. The number of aliphatic hydroxyl groups is 1. The minimum atomic E-state index is 0.193. The SMILES string of the molecule is C#C.CCC.CCC(C)NC(=O)CCC(C)C.CN=C/C=C(\C)C1CCCCC1.CO. The van der Waals surface area contributed by atoms with Gasteiger partial charge in [-0.3, -0.25) is 9.79 Å². The van der Waals surface area contributed by atoms with Crippen LogP contribution in [-0.4, -0.2) is 37.4 Å². The summed E-state index contributed by atoms with van der Waals surface area (Å²) >= 11 is 0. The second-order valence-corrected chi connectivity index (χ2v) is 8.17. The van der Waals surface area contributed by atoms with Gasteiger partial charge in [-0.1, -0.05) is 65.9 Å². The molecular formula is C27H54N2O2. The van der Waals surface area contributed by atoms with Crippen LogP contribution in [0.5, 0.6) is 0 Å². The molecule has 1 aliphatic carbocycles. The number of nitrogens with zero attached hydrogens (tertiary/aromatic N) is 1. The van der Waals surface area contributed by atoms with Gasteiger partial charge in [0.05, 0.1) is 0 Å². The molecule has 1 unspecified atom stereocenters. The van der Waals surface area contributed by atoms with Crippen molar-refractivity contribution in [3.05, 3.63) is 11.6 Å². The van der Waals surface area contributed by atoms with Gasteiger partial charge in [0.1, 0.15) is 0 Å². The first kappa shape index (κ1) is 36.8. The number of aliphatic imine (C=N–C) groups is 1. The van der Waals surface area contributed by atoms with Crippen LogP contribution in [0.4, 0.5) is 0 Å². The molecule has 0 aliphatic heterocycles. The highest BCUT2D eigenvalue weighted by molar-refractivity contribution is 5.76. The maximum absolute atomic E-state index is 11.2. The predicted octanol–water partition coefficient (Wildman–Crippen LogP) is 6.83. The first-order chi connectivity index (χ1) is 14.8. The normalized spacial score (nSPS) is 14.4. The van der Waals surface area contributed by atoms with Crippen molar-refractivity contribution < 1.29 is 9.90 Å². The van der Waals surface area contributed by atoms with Crippen LogP contribution in [0, 0.1) is 24.7 Å². The van der Waals surface area contributed by atoms with Crippen LogP contribution in [0.1, 0.15) is 106 Å². The number of allylic oxidation sites excluding steroid dienone is 2. The van der Waals surface area contributed by atoms with Gasteiger partial charge in [0, 0.05) is 32.8 Å². The van der Waals surface area contributed by atoms with E-state index in [0.717, 1.165) is 25.9 Å². The molecule has 1 saturated carbocycles. The van der Waals surface area contributed by atoms with E-state index in [-0.39, 0.29) is 5.91 Å². The van der Waals surface area contributed by atoms with Gasteiger partial charge in [0.25, 0.3) is 0 Å². The number of rotatable bonds is 7. The maximum Gasteiger partial charge on any atom is 0.220 e. The zero-order valence-corrected chi connectivity index (χ0v) is 22.2. The van der Waals surface area contributed by atoms with E-state index in [1.807, 2.05) is 20.2 Å². The van der Waals surface area contributed by atoms with E-state index in [1.54, 1.807) is 0 Å². The summed E-state index contributed by atoms with van der Waals surface area (Å²) in [5.74, 6) is 1.66. The maximum atomic E-state index is 11.2. The topological polar surface area (TPSA) is 61.7 Å². The van der Waals surface area contributed by atoms with Crippen LogP contribution in [0.2, 0.25) is 0 Å². The van der Waals surface area contributed by atoms with Gasteiger partial charge in [-0.05, 0) is 57.4 Å². The molecule has 0 heterocycles. The Morgan fingerprint density at radius 3 is 1.97 bits per heavy atom. The summed E-state index contributed by atoms with van der Waals surface area (Å²) < 4.78 is 0. The molecule has 1 atom stereocenters. The molecule has 184 valence electrons. The Morgan fingerprint density at radius 1 is 1.10 bits per heavy atom. The van der Waals surface area contributed by atoms with E-state index in [2.05, 4.69) is 70.8 Å². The molecule has 4 nitrogen and oxygen atoms in total. The second-order valence-electron chi connectivity index (χ2n) is 8.17. The third-order valence-corrected chi connectivity index (χ3v) is 4.70. The van der Waals surface area contributed by atoms with E-state index < -0.39 is 0 Å². The van der Waals surface area contributed by atoms with Gasteiger partial charge in [-0.25, -0.2) is 0 Å². The summed E-state index contributed by atoms with van der Waals surface area (Å²) in [5, 5.41) is 9.95. The lowest BCUT2D eigenvalue weighted by Crippen LogP contribution is -2.31. The Labute approximate surface area is 195 Å². The fourth-order valence-corrected chi connectivity index (χ4v) is 2.75. The van der Waals surface area contributed by atoms with Gasteiger partial charge >= 0.3 is 0 Å². The number of carbonyl (C=O) groups is 1. The fraction of sp³-hybridized carbons (Fsp3) is 0.778. The van der Waals surface area contributed by atoms with Crippen LogP contribution in [0.3, 0.4) is 0 Å². The number of amides is 1. The third-order valence-electron chi connectivity index (χ3n) is 4.70. The molecule has 0 spiro atoms. The highest BCUT2D eigenvalue weighted by Crippen LogP contribution is 2.28. The number of hydrogen-bond donors (Lipinski definition) is 2. The molecule has 1 fully saturated rings. The van der Waals surface area contributed by atoms with E-state index in [0.29, 0.717) is 18.4 Å². The molecular weight excluding hydrogens is 384 g/mol. The van der Waals surface area contributed by atoms with Crippen molar-refractivity contribution in [1.82, 2.24) is 5.32 Å². The van der Waals surface area contributed by atoms with Crippen LogP contribution < -0.4 is 5.32 Å². The minimum Gasteiger partial charge on any atom is -0.400 e. The molecule has 0 bridgehead atoms. The fourth-order valence-electron chi connectivity index (χ4n) is 2.75. The summed E-state index contributed by atoms with van der Waals surface area (Å²) in [5.41, 5.74) is 1.51. The smallest absolute Gasteiger partial charge is 0.220 e. The quantitative estimate of drug-likeness (QED) is 0.338. The summed E-state index contributed by atoms with van der Waals surface area (Å²) in [7, 11) is 2.82. The summed E-state index contributed by atoms with van der Waals surface area (Å²) in [6.45, 7) is 14.9. The Bertz CT molecular complexity index is 434. The lowest BCUT2D eigenvalue weighted by Gasteiger charge is -2.21. The number of nitrogens with one attached hydrogen (secondary N) is 1. The Morgan fingerprint density at radius 2 is 1.58 bits per heavy atom. The van der Waals surface area contributed by atoms with Crippen LogP contribution in [0.15, 0.2) is 16.6 Å². The van der Waals surface area contributed by atoms with Crippen LogP contribution >= 0.6 is 0 Å². The molecule has 0 radical (unpaired) electrons. The predicted molar refractivity (Wildman–Crippen MR) is 141 cm³/mol. The summed E-state index contributed by atoms with van der Waals surface area (Å²) in [6.07, 6.45) is 23.0. The lowest BCUT2D eigenvalue weighted by atomic mass is 9.84. The van der Waals surface area contributed by atoms with Crippen molar-refractivity contribution in [3.8, 4) is 12.8 Å². The van der Waals surface area contributed by atoms with Crippen molar-refractivity contribution in [2.45, 2.75) is 112 Å². The molecule has 1 aliphatic rings. The lowest BCUT2D eigenvalue weighted by molar-refractivity contribution is -0.121. The highest BCUT2D eigenvalue weighted by Gasteiger charge is 2.13. The van der Waals surface area contributed by atoms with E-state index in [4.69, 9.17) is 5.11 Å². The Kier molecular flexibility index (Phi) is 36.3. The van der Waals surface area contributed by atoms with Gasteiger partial charge in [0.15, 0.2) is 0 Å². The van der Waals surface area contributed by atoms with Gasteiger partial charge in [-0.15, -0.1) is 12.8 Å². The average molecular weight is 439 g/mol. The van der Waals surface area contributed by atoms with Crippen molar-refractivity contribution in [1.29, 1.82) is 0 Å². The van der Waals surface area contributed by atoms with E-state index in [1.165, 1.54) is 44.1 Å².